The minimum absolute atomic E-state index is 0.645. The number of aliphatic carboxylic acids is 1. The lowest BCUT2D eigenvalue weighted by Gasteiger charge is -2.23. The average Bonchev–Trinajstić information content (AvgIpc) is 2.36. The van der Waals surface area contributed by atoms with Gasteiger partial charge in [0.1, 0.15) is 4.75 Å². The fourth-order valence-corrected chi connectivity index (χ4v) is 3.16. The van der Waals surface area contributed by atoms with Crippen LogP contribution in [0.4, 0.5) is 0 Å². The number of thioether (sulfide) groups is 1. The molecule has 0 rings (SSSR count). The van der Waals surface area contributed by atoms with Gasteiger partial charge in [0.2, 0.25) is 0 Å². The highest BCUT2D eigenvalue weighted by Crippen LogP contribution is 2.30. The number of unbranched alkanes of at least 4 members (excludes halogenated alkanes) is 4. The molecule has 2 nitrogen and oxygen atoms in total. The van der Waals surface area contributed by atoms with Crippen molar-refractivity contribution in [2.45, 2.75) is 83.8 Å². The number of carbonyl (C=O) groups is 1. The van der Waals surface area contributed by atoms with Gasteiger partial charge >= 0.3 is 5.97 Å². The molecule has 1 N–H and O–H groups in total. The Kier molecular flexibility index (Phi) is 10.5. The fraction of sp³-hybridized carbons (Fsp3) is 0.938. The molecule has 0 saturated carbocycles. The number of hydrogen-bond acceptors (Lipinski definition) is 2. The molecule has 0 radical (unpaired) electrons. The normalized spacial score (nSPS) is 13.5. The predicted octanol–water partition coefficient (Wildman–Crippen LogP) is 5.36. The second kappa shape index (κ2) is 10.6. The largest absolute Gasteiger partial charge is 0.480 e. The molecule has 1 atom stereocenters. The Morgan fingerprint density at radius 1 is 1.05 bits per heavy atom. The molecule has 0 aliphatic rings. The Hall–Kier alpha value is -0.180. The van der Waals surface area contributed by atoms with E-state index < -0.39 is 10.7 Å². The van der Waals surface area contributed by atoms with E-state index in [4.69, 9.17) is 5.11 Å². The third-order valence-electron chi connectivity index (χ3n) is 3.63. The summed E-state index contributed by atoms with van der Waals surface area (Å²) in [6.45, 7) is 8.09. The van der Waals surface area contributed by atoms with Gasteiger partial charge in [-0.2, -0.15) is 0 Å². The summed E-state index contributed by atoms with van der Waals surface area (Å²) >= 11 is 1.61. The highest BCUT2D eigenvalue weighted by molar-refractivity contribution is 8.01. The molecule has 0 spiro atoms. The van der Waals surface area contributed by atoms with Crippen LogP contribution in [-0.2, 0) is 4.79 Å². The number of carboxylic acids is 1. The predicted molar refractivity (Wildman–Crippen MR) is 85.9 cm³/mol. The van der Waals surface area contributed by atoms with Crippen LogP contribution in [0.15, 0.2) is 0 Å². The summed E-state index contributed by atoms with van der Waals surface area (Å²) in [5, 5.41) is 9.16. The standard InChI is InChI=1S/C16H32O2S/c1-5-7-9-10-12-14(11-8-6-2)13-19-16(3,4)15(17)18/h14H,5-13H2,1-4H3,(H,17,18). The van der Waals surface area contributed by atoms with Crippen LogP contribution in [0.25, 0.3) is 0 Å². The van der Waals surface area contributed by atoms with E-state index >= 15 is 0 Å². The van der Waals surface area contributed by atoms with Crippen LogP contribution in [0.3, 0.4) is 0 Å². The molecule has 0 amide bonds. The minimum Gasteiger partial charge on any atom is -0.480 e. The van der Waals surface area contributed by atoms with Gasteiger partial charge in [-0.1, -0.05) is 52.4 Å². The number of carboxylic acid groups (broad SMARTS) is 1. The molecule has 0 aromatic rings. The molecule has 1 unspecified atom stereocenters. The smallest absolute Gasteiger partial charge is 0.319 e. The lowest BCUT2D eigenvalue weighted by molar-refractivity contribution is -0.138. The van der Waals surface area contributed by atoms with Gasteiger partial charge in [0, 0.05) is 0 Å². The van der Waals surface area contributed by atoms with Gasteiger partial charge in [-0.15, -0.1) is 11.8 Å². The lowest BCUT2D eigenvalue weighted by atomic mass is 9.97. The number of hydrogen-bond donors (Lipinski definition) is 1. The summed E-state index contributed by atoms with van der Waals surface area (Å²) in [5.41, 5.74) is 0. The van der Waals surface area contributed by atoms with Crippen LogP contribution in [-0.4, -0.2) is 21.6 Å². The van der Waals surface area contributed by atoms with Crippen molar-refractivity contribution in [1.29, 1.82) is 0 Å². The SMILES string of the molecule is CCCCCCC(CCCC)CSC(C)(C)C(=O)O. The topological polar surface area (TPSA) is 37.3 Å². The molecule has 0 saturated heterocycles. The summed E-state index contributed by atoms with van der Waals surface area (Å²) < 4.78 is -0.645. The molecule has 0 fully saturated rings. The summed E-state index contributed by atoms with van der Waals surface area (Å²) in [7, 11) is 0. The maximum absolute atomic E-state index is 11.1. The van der Waals surface area contributed by atoms with Crippen molar-refractivity contribution in [1.82, 2.24) is 0 Å². The molecule has 0 aliphatic carbocycles. The van der Waals surface area contributed by atoms with Crippen molar-refractivity contribution in [2.24, 2.45) is 5.92 Å². The summed E-state index contributed by atoms with van der Waals surface area (Å²) in [4.78, 5) is 11.1. The van der Waals surface area contributed by atoms with Crippen molar-refractivity contribution in [3.8, 4) is 0 Å². The van der Waals surface area contributed by atoms with Gasteiger partial charge in [0.25, 0.3) is 0 Å². The van der Waals surface area contributed by atoms with Crippen LogP contribution < -0.4 is 0 Å². The van der Waals surface area contributed by atoms with Crippen LogP contribution in [0.2, 0.25) is 0 Å². The Morgan fingerprint density at radius 3 is 2.16 bits per heavy atom. The zero-order valence-corrected chi connectivity index (χ0v) is 14.0. The molecule has 0 heterocycles. The molecular weight excluding hydrogens is 256 g/mol. The van der Waals surface area contributed by atoms with Crippen molar-refractivity contribution >= 4 is 17.7 Å². The van der Waals surface area contributed by atoms with E-state index in [1.807, 2.05) is 13.8 Å². The van der Waals surface area contributed by atoms with Crippen LogP contribution in [0, 0.1) is 5.92 Å². The van der Waals surface area contributed by atoms with E-state index in [0.717, 1.165) is 5.75 Å². The van der Waals surface area contributed by atoms with E-state index in [-0.39, 0.29) is 0 Å². The van der Waals surface area contributed by atoms with Gasteiger partial charge in [-0.25, -0.2) is 0 Å². The molecule has 0 aromatic heterocycles. The molecule has 19 heavy (non-hydrogen) atoms. The first-order valence-corrected chi connectivity index (χ1v) is 8.80. The van der Waals surface area contributed by atoms with Gasteiger partial charge in [0.15, 0.2) is 0 Å². The molecule has 3 heteroatoms. The molecule has 114 valence electrons. The van der Waals surface area contributed by atoms with E-state index in [9.17, 15) is 4.79 Å². The van der Waals surface area contributed by atoms with Gasteiger partial charge in [-0.05, 0) is 38.4 Å². The highest BCUT2D eigenvalue weighted by Gasteiger charge is 2.28. The Labute approximate surface area is 123 Å². The van der Waals surface area contributed by atoms with Gasteiger partial charge in [-0.3, -0.25) is 4.79 Å². The zero-order chi connectivity index (χ0) is 14.7. The summed E-state index contributed by atoms with van der Waals surface area (Å²) in [5.74, 6) is 0.990. The molecule has 0 aliphatic heterocycles. The third-order valence-corrected chi connectivity index (χ3v) is 5.16. The monoisotopic (exact) mass is 288 g/mol. The van der Waals surface area contributed by atoms with Crippen molar-refractivity contribution < 1.29 is 9.90 Å². The second-order valence-corrected chi connectivity index (χ2v) is 7.63. The van der Waals surface area contributed by atoms with Crippen molar-refractivity contribution in [3.63, 3.8) is 0 Å². The zero-order valence-electron chi connectivity index (χ0n) is 13.2. The quantitative estimate of drug-likeness (QED) is 0.491. The van der Waals surface area contributed by atoms with E-state index in [1.165, 1.54) is 51.4 Å². The Morgan fingerprint density at radius 2 is 1.63 bits per heavy atom. The van der Waals surface area contributed by atoms with Crippen molar-refractivity contribution in [2.75, 3.05) is 5.75 Å². The second-order valence-electron chi connectivity index (χ2n) is 5.98. The highest BCUT2D eigenvalue weighted by atomic mass is 32.2. The van der Waals surface area contributed by atoms with E-state index in [1.54, 1.807) is 11.8 Å². The lowest BCUT2D eigenvalue weighted by Crippen LogP contribution is -2.28. The first-order chi connectivity index (χ1) is 8.94. The Balaban J connectivity index is 4.07. The first-order valence-electron chi connectivity index (χ1n) is 7.81. The van der Waals surface area contributed by atoms with Crippen LogP contribution >= 0.6 is 11.8 Å². The third kappa shape index (κ3) is 9.37. The average molecular weight is 288 g/mol. The molecular formula is C16H32O2S. The Bertz CT molecular complexity index is 239. The fourth-order valence-electron chi connectivity index (χ4n) is 2.05. The van der Waals surface area contributed by atoms with E-state index in [2.05, 4.69) is 13.8 Å². The van der Waals surface area contributed by atoms with Crippen LogP contribution in [0.5, 0.6) is 0 Å². The van der Waals surface area contributed by atoms with Gasteiger partial charge < -0.3 is 5.11 Å². The molecule has 0 aromatic carbocycles. The first kappa shape index (κ1) is 18.8. The maximum atomic E-state index is 11.1. The van der Waals surface area contributed by atoms with Crippen LogP contribution in [0.1, 0.15) is 79.1 Å². The van der Waals surface area contributed by atoms with Crippen molar-refractivity contribution in [3.05, 3.63) is 0 Å². The maximum Gasteiger partial charge on any atom is 0.319 e. The van der Waals surface area contributed by atoms with Gasteiger partial charge in [0.05, 0.1) is 0 Å². The molecule has 0 bridgehead atoms. The summed E-state index contributed by atoms with van der Waals surface area (Å²) in [6.07, 6.45) is 10.3. The number of rotatable bonds is 12. The minimum atomic E-state index is -0.697. The summed E-state index contributed by atoms with van der Waals surface area (Å²) in [6, 6.07) is 0. The van der Waals surface area contributed by atoms with E-state index in [0.29, 0.717) is 5.92 Å².